The first kappa shape index (κ1) is 21.5. The van der Waals surface area contributed by atoms with Gasteiger partial charge in [0.15, 0.2) is 11.5 Å². The monoisotopic (exact) mass is 471 g/mol. The molecule has 0 spiro atoms. The summed E-state index contributed by atoms with van der Waals surface area (Å²) in [5, 5.41) is 14.3. The van der Waals surface area contributed by atoms with Crippen molar-refractivity contribution in [2.75, 3.05) is 26.9 Å². The Morgan fingerprint density at radius 2 is 2.09 bits per heavy atom. The minimum absolute atomic E-state index is 0.0291. The van der Waals surface area contributed by atoms with Crippen LogP contribution in [0.4, 0.5) is 4.39 Å². The molecule has 2 aliphatic rings. The number of ether oxygens (including phenoxy) is 4. The SMILES string of the molecule is [2H][C@@](O)(Cc1c(F)cnc2ccc(OC)nc12)[C@@H]1CC[C@@H](NCc2cc3c(cn2)OCCO3)CO1. The van der Waals surface area contributed by atoms with Crippen molar-refractivity contribution in [3.05, 3.63) is 47.7 Å². The van der Waals surface area contributed by atoms with Gasteiger partial charge in [-0.25, -0.2) is 9.37 Å². The molecule has 5 rings (SSSR count). The van der Waals surface area contributed by atoms with Crippen molar-refractivity contribution >= 4 is 11.0 Å². The predicted octanol–water partition coefficient (Wildman–Crippen LogP) is 2.18. The number of aromatic nitrogens is 3. The number of aliphatic hydroxyl groups is 1. The van der Waals surface area contributed by atoms with Gasteiger partial charge in [0.05, 0.1) is 56.4 Å². The van der Waals surface area contributed by atoms with Gasteiger partial charge >= 0.3 is 0 Å². The van der Waals surface area contributed by atoms with Gasteiger partial charge < -0.3 is 29.4 Å². The normalized spacial score (nSPS) is 22.1. The molecule has 3 aromatic heterocycles. The van der Waals surface area contributed by atoms with E-state index in [1.807, 2.05) is 6.07 Å². The third-order valence-electron chi connectivity index (χ3n) is 6.01. The lowest BCUT2D eigenvalue weighted by atomic mass is 9.96. The minimum Gasteiger partial charge on any atom is -0.486 e. The fraction of sp³-hybridized carbons (Fsp3) is 0.458. The van der Waals surface area contributed by atoms with E-state index in [0.717, 1.165) is 11.9 Å². The first-order chi connectivity index (χ1) is 16.9. The number of nitrogens with one attached hydrogen (secondary N) is 1. The molecule has 0 amide bonds. The first-order valence-electron chi connectivity index (χ1n) is 11.7. The van der Waals surface area contributed by atoms with E-state index in [1.165, 1.54) is 7.11 Å². The molecule has 2 aliphatic heterocycles. The number of methoxy groups -OCH3 is 1. The highest BCUT2D eigenvalue weighted by Gasteiger charge is 2.29. The van der Waals surface area contributed by atoms with E-state index in [-0.39, 0.29) is 23.5 Å². The number of fused-ring (bicyclic) bond motifs is 2. The number of pyridine rings is 3. The highest BCUT2D eigenvalue weighted by atomic mass is 19.1. The number of nitrogens with zero attached hydrogens (tertiary/aromatic N) is 3. The van der Waals surface area contributed by atoms with Crippen LogP contribution in [0, 0.1) is 5.82 Å². The molecule has 0 radical (unpaired) electrons. The van der Waals surface area contributed by atoms with E-state index in [9.17, 15) is 9.50 Å². The lowest BCUT2D eigenvalue weighted by Crippen LogP contribution is -2.44. The van der Waals surface area contributed by atoms with Gasteiger partial charge in [-0.2, -0.15) is 0 Å². The van der Waals surface area contributed by atoms with Crippen LogP contribution in [0.25, 0.3) is 11.0 Å². The molecule has 5 heterocycles. The number of hydrogen-bond acceptors (Lipinski definition) is 9. The summed E-state index contributed by atoms with van der Waals surface area (Å²) in [6.45, 7) is 1.86. The summed E-state index contributed by atoms with van der Waals surface area (Å²) in [5.74, 6) is 0.997. The summed E-state index contributed by atoms with van der Waals surface area (Å²) in [6.07, 6.45) is 0.752. The fourth-order valence-electron chi connectivity index (χ4n) is 4.16. The average molecular weight is 472 g/mol. The van der Waals surface area contributed by atoms with Gasteiger partial charge in [0.25, 0.3) is 0 Å². The number of rotatable bonds is 7. The van der Waals surface area contributed by atoms with Crippen molar-refractivity contribution < 1.29 is 29.8 Å². The summed E-state index contributed by atoms with van der Waals surface area (Å²) in [6, 6.07) is 5.17. The maximum atomic E-state index is 14.7. The zero-order valence-corrected chi connectivity index (χ0v) is 18.8. The largest absolute Gasteiger partial charge is 0.486 e. The highest BCUT2D eigenvalue weighted by Crippen LogP contribution is 2.29. The van der Waals surface area contributed by atoms with Crippen LogP contribution in [0.1, 0.15) is 25.5 Å². The van der Waals surface area contributed by atoms with E-state index in [1.54, 1.807) is 18.3 Å². The van der Waals surface area contributed by atoms with Gasteiger partial charge in [0.1, 0.15) is 19.0 Å². The lowest BCUT2D eigenvalue weighted by Gasteiger charge is -2.32. The molecule has 180 valence electrons. The second-order valence-corrected chi connectivity index (χ2v) is 8.27. The molecule has 1 fully saturated rings. The van der Waals surface area contributed by atoms with Gasteiger partial charge in [-0.3, -0.25) is 9.97 Å². The molecule has 0 aromatic carbocycles. The smallest absolute Gasteiger partial charge is 0.213 e. The standard InChI is InChI=1S/C24H27FN4O5/c1-31-23-5-3-18-24(29-23)16(17(25)11-28-18)9-19(30)20-4-2-14(13-34-20)26-10-15-8-21-22(12-27-15)33-7-6-32-21/h3,5,8,11-12,14,19-20,26,30H,2,4,6-7,9-10,13H2,1H3/t14-,19-,20+/m1/s1/i19D. The molecule has 0 saturated carbocycles. The van der Waals surface area contributed by atoms with Crippen LogP contribution in [0.15, 0.2) is 30.6 Å². The molecule has 3 aromatic rings. The van der Waals surface area contributed by atoms with E-state index in [2.05, 4.69) is 20.3 Å². The Bertz CT molecular complexity index is 1210. The second-order valence-electron chi connectivity index (χ2n) is 8.27. The molecular formula is C24H27FN4O5. The van der Waals surface area contributed by atoms with Gasteiger partial charge in [0, 0.05) is 36.7 Å². The summed E-state index contributed by atoms with van der Waals surface area (Å²) >= 11 is 0. The molecule has 0 unspecified atom stereocenters. The molecule has 0 bridgehead atoms. The highest BCUT2D eigenvalue weighted by molar-refractivity contribution is 5.78. The van der Waals surface area contributed by atoms with Crippen molar-refractivity contribution in [1.29, 1.82) is 0 Å². The fourth-order valence-corrected chi connectivity index (χ4v) is 4.16. The zero-order valence-electron chi connectivity index (χ0n) is 19.8. The molecule has 10 heteroatoms. The van der Waals surface area contributed by atoms with Crippen LogP contribution < -0.4 is 19.5 Å². The molecule has 34 heavy (non-hydrogen) atoms. The van der Waals surface area contributed by atoms with Crippen molar-refractivity contribution in [3.8, 4) is 17.4 Å². The quantitative estimate of drug-likeness (QED) is 0.536. The van der Waals surface area contributed by atoms with Crippen LogP contribution in [-0.4, -0.2) is 65.2 Å². The van der Waals surface area contributed by atoms with E-state index < -0.39 is 18.0 Å². The van der Waals surface area contributed by atoms with E-state index in [4.69, 9.17) is 20.3 Å². The van der Waals surface area contributed by atoms with Gasteiger partial charge in [-0.05, 0) is 18.9 Å². The summed E-state index contributed by atoms with van der Waals surface area (Å²) < 4.78 is 45.3. The Morgan fingerprint density at radius 1 is 1.24 bits per heavy atom. The Balaban J connectivity index is 1.20. The zero-order chi connectivity index (χ0) is 24.4. The van der Waals surface area contributed by atoms with Gasteiger partial charge in [-0.15, -0.1) is 0 Å². The summed E-state index contributed by atoms with van der Waals surface area (Å²) in [4.78, 5) is 12.7. The van der Waals surface area contributed by atoms with E-state index in [0.29, 0.717) is 62.1 Å². The van der Waals surface area contributed by atoms with Crippen LogP contribution in [0.3, 0.4) is 0 Å². The van der Waals surface area contributed by atoms with Crippen LogP contribution in [0.5, 0.6) is 17.4 Å². The lowest BCUT2D eigenvalue weighted by molar-refractivity contribution is -0.0719. The minimum atomic E-state index is -2.04. The van der Waals surface area contributed by atoms with Crippen molar-refractivity contribution in [3.63, 3.8) is 0 Å². The molecule has 1 saturated heterocycles. The predicted molar refractivity (Wildman–Crippen MR) is 121 cm³/mol. The Kier molecular flexibility index (Phi) is 6.34. The van der Waals surface area contributed by atoms with Crippen molar-refractivity contribution in [2.45, 2.75) is 44.0 Å². The van der Waals surface area contributed by atoms with Crippen molar-refractivity contribution in [1.82, 2.24) is 20.3 Å². The van der Waals surface area contributed by atoms with Gasteiger partial charge in [-0.1, -0.05) is 0 Å². The summed E-state index contributed by atoms with van der Waals surface area (Å²) in [5.41, 5.74) is 1.65. The molecule has 9 nitrogen and oxygen atoms in total. The van der Waals surface area contributed by atoms with E-state index >= 15 is 0 Å². The molecule has 2 N–H and O–H groups in total. The maximum absolute atomic E-state index is 14.7. The maximum Gasteiger partial charge on any atom is 0.213 e. The van der Waals surface area contributed by atoms with Crippen LogP contribution in [-0.2, 0) is 17.7 Å². The first-order valence-corrected chi connectivity index (χ1v) is 11.2. The van der Waals surface area contributed by atoms with Crippen molar-refractivity contribution in [2.24, 2.45) is 0 Å². The number of halogens is 1. The average Bonchev–Trinajstić information content (AvgIpc) is 2.89. The number of hydrogen-bond donors (Lipinski definition) is 2. The molecule has 0 aliphatic carbocycles. The van der Waals surface area contributed by atoms with Gasteiger partial charge in [0.2, 0.25) is 5.88 Å². The topological polar surface area (TPSA) is 108 Å². The van der Waals surface area contributed by atoms with Crippen LogP contribution >= 0.6 is 0 Å². The Labute approximate surface area is 197 Å². The summed E-state index contributed by atoms with van der Waals surface area (Å²) in [7, 11) is 1.46. The third-order valence-corrected chi connectivity index (χ3v) is 6.01. The molecule has 3 atom stereocenters. The Hall–Kier alpha value is -3.08. The Morgan fingerprint density at radius 3 is 2.88 bits per heavy atom. The van der Waals surface area contributed by atoms with Crippen LogP contribution in [0.2, 0.25) is 0 Å². The molecular weight excluding hydrogens is 443 g/mol. The third kappa shape index (κ3) is 4.89. The second kappa shape index (κ2) is 10.0.